The summed E-state index contributed by atoms with van der Waals surface area (Å²) in [6, 6.07) is 10.1. The van der Waals surface area contributed by atoms with Gasteiger partial charge in [-0.05, 0) is 26.0 Å². The van der Waals surface area contributed by atoms with Crippen molar-refractivity contribution in [2.45, 2.75) is 13.8 Å². The van der Waals surface area contributed by atoms with Gasteiger partial charge in [0.15, 0.2) is 0 Å². The Balaban J connectivity index is 2.30. The van der Waals surface area contributed by atoms with E-state index in [0.717, 1.165) is 33.6 Å². The second kappa shape index (κ2) is 3.27. The van der Waals surface area contributed by atoms with Crippen LogP contribution in [-0.2, 0) is 0 Å². The number of para-hydroxylation sites is 1. The van der Waals surface area contributed by atoms with E-state index < -0.39 is 0 Å². The predicted molar refractivity (Wildman–Crippen MR) is 63.4 cm³/mol. The van der Waals surface area contributed by atoms with E-state index in [-0.39, 0.29) is 0 Å². The molecule has 0 saturated carbocycles. The van der Waals surface area contributed by atoms with Crippen LogP contribution in [0.25, 0.3) is 22.1 Å². The van der Waals surface area contributed by atoms with E-state index in [0.29, 0.717) is 0 Å². The van der Waals surface area contributed by atoms with Gasteiger partial charge in [-0.25, -0.2) is 0 Å². The number of benzene rings is 1. The zero-order valence-corrected chi connectivity index (χ0v) is 9.28. The molecule has 0 unspecified atom stereocenters. The average molecular weight is 212 g/mol. The molecular formula is C14H12O2. The van der Waals surface area contributed by atoms with Gasteiger partial charge in [0.2, 0.25) is 0 Å². The Morgan fingerprint density at radius 2 is 1.81 bits per heavy atom. The normalized spacial score (nSPS) is 11.1. The molecule has 2 heterocycles. The van der Waals surface area contributed by atoms with Gasteiger partial charge in [0.05, 0.1) is 6.26 Å². The highest BCUT2D eigenvalue weighted by molar-refractivity contribution is 5.94. The van der Waals surface area contributed by atoms with Crippen molar-refractivity contribution < 1.29 is 8.83 Å². The van der Waals surface area contributed by atoms with Crippen molar-refractivity contribution in [3.05, 3.63) is 48.1 Å². The lowest BCUT2D eigenvalue weighted by Crippen LogP contribution is -1.74. The maximum atomic E-state index is 5.55. The van der Waals surface area contributed by atoms with Gasteiger partial charge >= 0.3 is 0 Å². The molecule has 2 nitrogen and oxygen atoms in total. The zero-order valence-electron chi connectivity index (χ0n) is 9.28. The number of hydrogen-bond acceptors (Lipinski definition) is 2. The van der Waals surface area contributed by atoms with E-state index in [9.17, 15) is 0 Å². The van der Waals surface area contributed by atoms with Crippen molar-refractivity contribution in [3.8, 4) is 11.1 Å². The van der Waals surface area contributed by atoms with Gasteiger partial charge in [0, 0.05) is 16.5 Å². The minimum atomic E-state index is 0.913. The Morgan fingerprint density at radius 3 is 2.56 bits per heavy atom. The molecule has 0 radical (unpaired) electrons. The summed E-state index contributed by atoms with van der Waals surface area (Å²) < 4.78 is 11.1. The summed E-state index contributed by atoms with van der Waals surface area (Å²) in [5.41, 5.74) is 3.13. The summed E-state index contributed by atoms with van der Waals surface area (Å²) in [7, 11) is 0. The van der Waals surface area contributed by atoms with Crippen molar-refractivity contribution in [1.82, 2.24) is 0 Å². The van der Waals surface area contributed by atoms with E-state index in [1.165, 1.54) is 0 Å². The number of aryl methyl sites for hydroxylation is 2. The maximum Gasteiger partial charge on any atom is 0.134 e. The molecular weight excluding hydrogens is 200 g/mol. The van der Waals surface area contributed by atoms with Crippen LogP contribution in [0.5, 0.6) is 0 Å². The van der Waals surface area contributed by atoms with Crippen molar-refractivity contribution in [3.63, 3.8) is 0 Å². The monoisotopic (exact) mass is 212 g/mol. The average Bonchev–Trinajstić information content (AvgIpc) is 2.81. The van der Waals surface area contributed by atoms with Crippen LogP contribution in [0.2, 0.25) is 0 Å². The van der Waals surface area contributed by atoms with Crippen molar-refractivity contribution >= 4 is 11.0 Å². The minimum absolute atomic E-state index is 0.913. The molecule has 3 aromatic rings. The zero-order chi connectivity index (χ0) is 11.1. The summed E-state index contributed by atoms with van der Waals surface area (Å²) in [5.74, 6) is 1.86. The molecule has 0 amide bonds. The summed E-state index contributed by atoms with van der Waals surface area (Å²) >= 11 is 0. The number of furan rings is 2. The number of fused-ring (bicyclic) bond motifs is 1. The van der Waals surface area contributed by atoms with E-state index in [2.05, 4.69) is 6.07 Å². The molecule has 0 N–H and O–H groups in total. The van der Waals surface area contributed by atoms with Gasteiger partial charge in [0.25, 0.3) is 0 Å². The molecule has 0 saturated heterocycles. The van der Waals surface area contributed by atoms with E-state index >= 15 is 0 Å². The van der Waals surface area contributed by atoms with Gasteiger partial charge in [-0.3, -0.25) is 0 Å². The lowest BCUT2D eigenvalue weighted by Gasteiger charge is -1.94. The highest BCUT2D eigenvalue weighted by Gasteiger charge is 2.12. The van der Waals surface area contributed by atoms with Crippen LogP contribution in [0.1, 0.15) is 11.5 Å². The SMILES string of the molecule is Cc1cc(-c2coc3ccccc23)c(C)o1. The lowest BCUT2D eigenvalue weighted by molar-refractivity contribution is 0.505. The Bertz CT molecular complexity index is 644. The minimum Gasteiger partial charge on any atom is -0.466 e. The van der Waals surface area contributed by atoms with Gasteiger partial charge < -0.3 is 8.83 Å². The number of hydrogen-bond donors (Lipinski definition) is 0. The molecule has 3 rings (SSSR count). The maximum absolute atomic E-state index is 5.55. The topological polar surface area (TPSA) is 26.3 Å². The third kappa shape index (κ3) is 1.27. The summed E-state index contributed by atoms with van der Waals surface area (Å²) in [6.07, 6.45) is 1.79. The Hall–Kier alpha value is -1.96. The molecule has 0 aliphatic heterocycles. The van der Waals surface area contributed by atoms with E-state index in [1.807, 2.05) is 38.1 Å². The fourth-order valence-electron chi connectivity index (χ4n) is 2.08. The van der Waals surface area contributed by atoms with Crippen molar-refractivity contribution in [1.29, 1.82) is 0 Å². The molecule has 2 aromatic heterocycles. The Morgan fingerprint density at radius 1 is 1.00 bits per heavy atom. The molecule has 0 spiro atoms. The second-order valence-corrected chi connectivity index (χ2v) is 3.97. The fourth-order valence-corrected chi connectivity index (χ4v) is 2.08. The van der Waals surface area contributed by atoms with Crippen LogP contribution in [0.4, 0.5) is 0 Å². The van der Waals surface area contributed by atoms with Crippen LogP contribution in [0, 0.1) is 13.8 Å². The molecule has 0 aliphatic carbocycles. The standard InChI is InChI=1S/C14H12O2/c1-9-7-12(10(2)16-9)13-8-15-14-6-4-3-5-11(13)14/h3-8H,1-2H3. The molecule has 1 aromatic carbocycles. The molecule has 0 fully saturated rings. The van der Waals surface area contributed by atoms with Gasteiger partial charge in [-0.15, -0.1) is 0 Å². The summed E-state index contributed by atoms with van der Waals surface area (Å²) in [5, 5.41) is 1.13. The van der Waals surface area contributed by atoms with Gasteiger partial charge in [-0.2, -0.15) is 0 Å². The first-order chi connectivity index (χ1) is 7.75. The lowest BCUT2D eigenvalue weighted by atomic mass is 10.1. The largest absolute Gasteiger partial charge is 0.466 e. The summed E-state index contributed by atoms with van der Waals surface area (Å²) in [4.78, 5) is 0. The second-order valence-electron chi connectivity index (χ2n) is 3.97. The van der Waals surface area contributed by atoms with Crippen molar-refractivity contribution in [2.75, 3.05) is 0 Å². The van der Waals surface area contributed by atoms with E-state index in [1.54, 1.807) is 6.26 Å². The first-order valence-corrected chi connectivity index (χ1v) is 5.29. The molecule has 2 heteroatoms. The van der Waals surface area contributed by atoms with E-state index in [4.69, 9.17) is 8.83 Å². The molecule has 80 valence electrons. The van der Waals surface area contributed by atoms with Crippen LogP contribution in [0.3, 0.4) is 0 Å². The molecule has 0 aliphatic rings. The molecule has 0 atom stereocenters. The first-order valence-electron chi connectivity index (χ1n) is 5.29. The van der Waals surface area contributed by atoms with Crippen molar-refractivity contribution in [2.24, 2.45) is 0 Å². The Labute approximate surface area is 93.5 Å². The van der Waals surface area contributed by atoms with Crippen LogP contribution in [0.15, 0.2) is 45.4 Å². The molecule has 16 heavy (non-hydrogen) atoms. The van der Waals surface area contributed by atoms with Gasteiger partial charge in [-0.1, -0.05) is 18.2 Å². The quantitative estimate of drug-likeness (QED) is 0.600. The summed E-state index contributed by atoms with van der Waals surface area (Å²) in [6.45, 7) is 3.93. The Kier molecular flexibility index (Phi) is 1.90. The predicted octanol–water partition coefficient (Wildman–Crippen LogP) is 4.31. The van der Waals surface area contributed by atoms with Gasteiger partial charge in [0.1, 0.15) is 17.1 Å². The fraction of sp³-hybridized carbons (Fsp3) is 0.143. The van der Waals surface area contributed by atoms with Crippen LogP contribution >= 0.6 is 0 Å². The third-order valence-electron chi connectivity index (χ3n) is 2.81. The highest BCUT2D eigenvalue weighted by atomic mass is 16.3. The third-order valence-corrected chi connectivity index (χ3v) is 2.81. The molecule has 0 bridgehead atoms. The van der Waals surface area contributed by atoms with Crippen LogP contribution < -0.4 is 0 Å². The first kappa shape index (κ1) is 9.28. The van der Waals surface area contributed by atoms with Crippen LogP contribution in [-0.4, -0.2) is 0 Å². The highest BCUT2D eigenvalue weighted by Crippen LogP contribution is 2.33. The smallest absolute Gasteiger partial charge is 0.134 e. The number of rotatable bonds is 1.